The average Bonchev–Trinajstić information content (AvgIpc) is 2.53. The van der Waals surface area contributed by atoms with E-state index in [4.69, 9.17) is 4.74 Å². The fraction of sp³-hybridized carbons (Fsp3) is 0.263. The van der Waals surface area contributed by atoms with Crippen LogP contribution in [0.3, 0.4) is 0 Å². The van der Waals surface area contributed by atoms with Gasteiger partial charge in [0.15, 0.2) is 6.61 Å². The molecule has 2 N–H and O–H groups in total. The number of hydrogen-bond donors (Lipinski definition) is 2. The maximum atomic E-state index is 12.0. The van der Waals surface area contributed by atoms with Crippen LogP contribution in [0.15, 0.2) is 48.5 Å². The predicted octanol–water partition coefficient (Wildman–Crippen LogP) is 3.61. The van der Waals surface area contributed by atoms with Crippen molar-refractivity contribution in [2.75, 3.05) is 17.2 Å². The number of benzene rings is 2. The highest BCUT2D eigenvalue weighted by molar-refractivity contribution is 5.95. The number of carbonyl (C=O) groups excluding carboxylic acids is 2. The highest BCUT2D eigenvalue weighted by atomic mass is 16.5. The lowest BCUT2D eigenvalue weighted by molar-refractivity contribution is -0.119. The van der Waals surface area contributed by atoms with Gasteiger partial charge in [-0.1, -0.05) is 32.0 Å². The Morgan fingerprint density at radius 2 is 1.67 bits per heavy atom. The summed E-state index contributed by atoms with van der Waals surface area (Å²) in [6.45, 7) is 5.53. The molecule has 0 unspecified atom stereocenters. The van der Waals surface area contributed by atoms with Crippen LogP contribution in [-0.4, -0.2) is 18.4 Å². The molecule has 0 aliphatic rings. The van der Waals surface area contributed by atoms with Crippen LogP contribution < -0.4 is 15.4 Å². The van der Waals surface area contributed by atoms with Crippen LogP contribution >= 0.6 is 0 Å². The van der Waals surface area contributed by atoms with E-state index in [9.17, 15) is 9.59 Å². The number of anilines is 2. The molecule has 2 rings (SSSR count). The van der Waals surface area contributed by atoms with Gasteiger partial charge in [0.05, 0.1) is 0 Å². The molecule has 2 aromatic carbocycles. The SMILES string of the molecule is Cc1cccc(OCC(=O)Nc2cccc(NC(=O)C(C)C)c2)c1. The molecule has 0 heterocycles. The van der Waals surface area contributed by atoms with Crippen molar-refractivity contribution in [3.05, 3.63) is 54.1 Å². The standard InChI is InChI=1S/C19H22N2O3/c1-13(2)19(23)21-16-8-5-7-15(11-16)20-18(22)12-24-17-9-4-6-14(3)10-17/h4-11,13H,12H2,1-3H3,(H,20,22)(H,21,23). The normalized spacial score (nSPS) is 10.3. The van der Waals surface area contributed by atoms with Crippen LogP contribution in [0.5, 0.6) is 5.75 Å². The van der Waals surface area contributed by atoms with E-state index in [1.165, 1.54) is 0 Å². The van der Waals surface area contributed by atoms with Crippen LogP contribution in [-0.2, 0) is 9.59 Å². The maximum Gasteiger partial charge on any atom is 0.262 e. The summed E-state index contributed by atoms with van der Waals surface area (Å²) in [5, 5.41) is 5.55. The third kappa shape index (κ3) is 5.43. The first-order valence-electron chi connectivity index (χ1n) is 7.84. The van der Waals surface area contributed by atoms with Crippen molar-refractivity contribution in [3.63, 3.8) is 0 Å². The van der Waals surface area contributed by atoms with Crippen molar-refractivity contribution in [1.82, 2.24) is 0 Å². The molecule has 2 amide bonds. The zero-order valence-electron chi connectivity index (χ0n) is 14.1. The highest BCUT2D eigenvalue weighted by Crippen LogP contribution is 2.16. The van der Waals surface area contributed by atoms with E-state index in [0.717, 1.165) is 5.56 Å². The lowest BCUT2D eigenvalue weighted by Gasteiger charge is -2.11. The van der Waals surface area contributed by atoms with E-state index in [-0.39, 0.29) is 24.3 Å². The number of amides is 2. The number of nitrogens with one attached hydrogen (secondary N) is 2. The molecule has 24 heavy (non-hydrogen) atoms. The summed E-state index contributed by atoms with van der Waals surface area (Å²) < 4.78 is 5.47. The minimum atomic E-state index is -0.260. The van der Waals surface area contributed by atoms with Gasteiger partial charge in [0, 0.05) is 17.3 Å². The monoisotopic (exact) mass is 326 g/mol. The van der Waals surface area contributed by atoms with Crippen LogP contribution in [0.4, 0.5) is 11.4 Å². The lowest BCUT2D eigenvalue weighted by atomic mass is 10.2. The molecule has 0 spiro atoms. The molecule has 0 radical (unpaired) electrons. The first-order chi connectivity index (χ1) is 11.4. The molecule has 0 atom stereocenters. The van der Waals surface area contributed by atoms with Gasteiger partial charge in [-0.2, -0.15) is 0 Å². The van der Waals surface area contributed by atoms with Gasteiger partial charge in [-0.05, 0) is 42.8 Å². The summed E-state index contributed by atoms with van der Waals surface area (Å²) in [7, 11) is 0. The smallest absolute Gasteiger partial charge is 0.262 e. The number of aryl methyl sites for hydroxylation is 1. The molecule has 0 fully saturated rings. The van der Waals surface area contributed by atoms with E-state index in [1.807, 2.05) is 45.0 Å². The molecule has 0 saturated heterocycles. The molecule has 0 aliphatic carbocycles. The Balaban J connectivity index is 1.90. The first kappa shape index (κ1) is 17.5. The largest absolute Gasteiger partial charge is 0.484 e. The average molecular weight is 326 g/mol. The molecular weight excluding hydrogens is 304 g/mol. The van der Waals surface area contributed by atoms with Crippen LogP contribution in [0, 0.1) is 12.8 Å². The van der Waals surface area contributed by atoms with Crippen molar-refractivity contribution in [2.24, 2.45) is 5.92 Å². The lowest BCUT2D eigenvalue weighted by Crippen LogP contribution is -2.21. The Bertz CT molecular complexity index is 726. The molecule has 126 valence electrons. The van der Waals surface area contributed by atoms with Crippen molar-refractivity contribution in [2.45, 2.75) is 20.8 Å². The van der Waals surface area contributed by atoms with Crippen molar-refractivity contribution in [1.29, 1.82) is 0 Å². The molecule has 5 heteroatoms. The van der Waals surface area contributed by atoms with Gasteiger partial charge in [-0.15, -0.1) is 0 Å². The van der Waals surface area contributed by atoms with Crippen molar-refractivity contribution in [3.8, 4) is 5.75 Å². The minimum absolute atomic E-state index is 0.0683. The van der Waals surface area contributed by atoms with E-state index in [2.05, 4.69) is 10.6 Å². The zero-order chi connectivity index (χ0) is 17.5. The second kappa shape index (κ2) is 8.15. The quantitative estimate of drug-likeness (QED) is 0.852. The van der Waals surface area contributed by atoms with Crippen molar-refractivity contribution < 1.29 is 14.3 Å². The summed E-state index contributed by atoms with van der Waals surface area (Å²) >= 11 is 0. The minimum Gasteiger partial charge on any atom is -0.484 e. The molecular formula is C19H22N2O3. The summed E-state index contributed by atoms with van der Waals surface area (Å²) in [5.74, 6) is 0.221. The fourth-order valence-corrected chi connectivity index (χ4v) is 2.01. The second-order valence-corrected chi connectivity index (χ2v) is 5.88. The molecule has 0 aliphatic heterocycles. The maximum absolute atomic E-state index is 12.0. The third-order valence-electron chi connectivity index (χ3n) is 3.30. The Hall–Kier alpha value is -2.82. The molecule has 0 aromatic heterocycles. The molecule has 2 aromatic rings. The Morgan fingerprint density at radius 3 is 2.33 bits per heavy atom. The van der Waals surface area contributed by atoms with Gasteiger partial charge >= 0.3 is 0 Å². The topological polar surface area (TPSA) is 67.4 Å². The number of rotatable bonds is 6. The Labute approximate surface area is 142 Å². The van der Waals surface area contributed by atoms with E-state index >= 15 is 0 Å². The summed E-state index contributed by atoms with van der Waals surface area (Å²) in [5.41, 5.74) is 2.32. The zero-order valence-corrected chi connectivity index (χ0v) is 14.1. The predicted molar refractivity (Wildman–Crippen MR) is 95.2 cm³/mol. The van der Waals surface area contributed by atoms with Crippen molar-refractivity contribution >= 4 is 23.2 Å². The van der Waals surface area contributed by atoms with Gasteiger partial charge in [0.25, 0.3) is 5.91 Å². The molecule has 0 bridgehead atoms. The van der Waals surface area contributed by atoms with Gasteiger partial charge < -0.3 is 15.4 Å². The van der Waals surface area contributed by atoms with Crippen LogP contribution in [0.1, 0.15) is 19.4 Å². The molecule has 5 nitrogen and oxygen atoms in total. The fourth-order valence-electron chi connectivity index (χ4n) is 2.01. The second-order valence-electron chi connectivity index (χ2n) is 5.88. The van der Waals surface area contributed by atoms with E-state index < -0.39 is 0 Å². The first-order valence-corrected chi connectivity index (χ1v) is 7.84. The van der Waals surface area contributed by atoms with Gasteiger partial charge in [0.2, 0.25) is 5.91 Å². The summed E-state index contributed by atoms with van der Waals surface area (Å²) in [6, 6.07) is 14.5. The van der Waals surface area contributed by atoms with E-state index in [0.29, 0.717) is 17.1 Å². The van der Waals surface area contributed by atoms with Gasteiger partial charge in [0.1, 0.15) is 5.75 Å². The molecule has 0 saturated carbocycles. The van der Waals surface area contributed by atoms with E-state index in [1.54, 1.807) is 24.3 Å². The van der Waals surface area contributed by atoms with Gasteiger partial charge in [-0.3, -0.25) is 9.59 Å². The summed E-state index contributed by atoms with van der Waals surface area (Å²) in [6.07, 6.45) is 0. The third-order valence-corrected chi connectivity index (χ3v) is 3.30. The number of hydrogen-bond acceptors (Lipinski definition) is 3. The number of carbonyl (C=O) groups is 2. The summed E-state index contributed by atoms with van der Waals surface area (Å²) in [4.78, 5) is 23.7. The Morgan fingerprint density at radius 1 is 1.00 bits per heavy atom. The Kier molecular flexibility index (Phi) is 5.95. The van der Waals surface area contributed by atoms with Crippen LogP contribution in [0.2, 0.25) is 0 Å². The highest BCUT2D eigenvalue weighted by Gasteiger charge is 2.08. The van der Waals surface area contributed by atoms with Gasteiger partial charge in [-0.25, -0.2) is 0 Å². The number of ether oxygens (including phenoxy) is 1. The van der Waals surface area contributed by atoms with Crippen LogP contribution in [0.25, 0.3) is 0 Å².